The van der Waals surface area contributed by atoms with E-state index in [2.05, 4.69) is 5.32 Å². The highest BCUT2D eigenvalue weighted by Gasteiger charge is 2.34. The summed E-state index contributed by atoms with van der Waals surface area (Å²) in [6.45, 7) is 9.55. The third-order valence-electron chi connectivity index (χ3n) is 5.22. The average molecular weight is 405 g/mol. The topological polar surface area (TPSA) is 109 Å². The van der Waals surface area contributed by atoms with E-state index in [1.807, 2.05) is 27.7 Å². The van der Waals surface area contributed by atoms with Crippen LogP contribution in [0.3, 0.4) is 0 Å². The van der Waals surface area contributed by atoms with Crippen molar-refractivity contribution in [3.8, 4) is 0 Å². The van der Waals surface area contributed by atoms with Crippen molar-refractivity contribution in [3.05, 3.63) is 33.6 Å². The Hall–Kier alpha value is -2.28. The number of amides is 2. The van der Waals surface area contributed by atoms with Gasteiger partial charge in [0.2, 0.25) is 0 Å². The smallest absolute Gasteiger partial charge is 0.316 e. The molecule has 1 unspecified atom stereocenters. The number of nitrogens with two attached hydrogens (primary N) is 1. The minimum atomic E-state index is -0.647. The Bertz CT molecular complexity index is 874. The molecule has 1 aliphatic carbocycles. The Morgan fingerprint density at radius 1 is 1.14 bits per heavy atom. The van der Waals surface area contributed by atoms with E-state index in [1.54, 1.807) is 18.7 Å². The molecule has 1 aromatic carbocycles. The van der Waals surface area contributed by atoms with E-state index in [4.69, 9.17) is 5.73 Å². The molecule has 0 bridgehead atoms. The van der Waals surface area contributed by atoms with E-state index in [0.29, 0.717) is 5.69 Å². The summed E-state index contributed by atoms with van der Waals surface area (Å²) in [7, 11) is 0. The van der Waals surface area contributed by atoms with Crippen LogP contribution in [0, 0.1) is 20.8 Å². The number of thioether (sulfide) groups is 1. The molecule has 6 nitrogen and oxygen atoms in total. The first kappa shape index (κ1) is 22.0. The van der Waals surface area contributed by atoms with Gasteiger partial charge in [-0.25, -0.2) is 4.79 Å². The largest absolute Gasteiger partial charge is 0.511 e. The van der Waals surface area contributed by atoms with Crippen LogP contribution in [-0.4, -0.2) is 28.5 Å². The van der Waals surface area contributed by atoms with Gasteiger partial charge < -0.3 is 16.2 Å². The number of hydrogen-bond donors (Lipinski definition) is 3. The summed E-state index contributed by atoms with van der Waals surface area (Å²) < 4.78 is 0. The van der Waals surface area contributed by atoms with Gasteiger partial charge in [-0.15, -0.1) is 11.8 Å². The number of carbonyl (C=O) groups is 3. The van der Waals surface area contributed by atoms with Gasteiger partial charge in [-0.2, -0.15) is 0 Å². The van der Waals surface area contributed by atoms with Gasteiger partial charge in [0.25, 0.3) is 0 Å². The number of hydrogen-bond acceptors (Lipinski definition) is 5. The van der Waals surface area contributed by atoms with Crippen LogP contribution in [0.2, 0.25) is 0 Å². The number of rotatable bonds is 6. The van der Waals surface area contributed by atoms with Crippen molar-refractivity contribution in [2.24, 2.45) is 5.73 Å². The Morgan fingerprint density at radius 3 is 2.29 bits per heavy atom. The lowest BCUT2D eigenvalue weighted by Gasteiger charge is -2.29. The maximum atomic E-state index is 12.6. The molecule has 28 heavy (non-hydrogen) atoms. The van der Waals surface area contributed by atoms with Crippen LogP contribution in [0.1, 0.15) is 61.3 Å². The molecule has 0 saturated heterocycles. The number of nitrogens with one attached hydrogen (secondary N) is 1. The van der Waals surface area contributed by atoms with E-state index >= 15 is 0 Å². The summed E-state index contributed by atoms with van der Waals surface area (Å²) in [6, 6.07) is -0.647. The lowest BCUT2D eigenvalue weighted by molar-refractivity contribution is -0.122. The summed E-state index contributed by atoms with van der Waals surface area (Å²) in [6.07, 6.45) is 0.564. The number of urea groups is 1. The monoisotopic (exact) mass is 404 g/mol. The van der Waals surface area contributed by atoms with Crippen molar-refractivity contribution in [1.29, 1.82) is 0 Å². The molecule has 1 aromatic rings. The highest BCUT2D eigenvalue weighted by atomic mass is 32.2. The molecule has 0 fully saturated rings. The van der Waals surface area contributed by atoms with E-state index < -0.39 is 6.03 Å². The van der Waals surface area contributed by atoms with Crippen molar-refractivity contribution >= 4 is 35.0 Å². The molecule has 0 radical (unpaired) electrons. The first-order chi connectivity index (χ1) is 13.1. The Labute approximate surface area is 170 Å². The lowest BCUT2D eigenvalue weighted by atomic mass is 9.77. The van der Waals surface area contributed by atoms with Crippen molar-refractivity contribution in [3.63, 3.8) is 0 Å². The van der Waals surface area contributed by atoms with Gasteiger partial charge in [-0.3, -0.25) is 9.59 Å². The molecule has 152 valence electrons. The molecule has 0 heterocycles. The minimum absolute atomic E-state index is 0.0557. The Kier molecular flexibility index (Phi) is 6.93. The fourth-order valence-corrected chi connectivity index (χ4v) is 5.02. The number of allylic oxidation sites excluding steroid dienone is 2. The fourth-order valence-electron chi connectivity index (χ4n) is 4.09. The van der Waals surface area contributed by atoms with Gasteiger partial charge in [-0.1, -0.05) is 13.8 Å². The molecular formula is C21H28N2O4S. The van der Waals surface area contributed by atoms with Gasteiger partial charge in [0, 0.05) is 29.8 Å². The zero-order chi connectivity index (χ0) is 21.2. The zero-order valence-electron chi connectivity index (χ0n) is 17.1. The number of benzene rings is 1. The van der Waals surface area contributed by atoms with Crippen LogP contribution in [0.15, 0.2) is 16.2 Å². The summed E-state index contributed by atoms with van der Waals surface area (Å²) >= 11 is 1.66. The van der Waals surface area contributed by atoms with E-state index in [-0.39, 0.29) is 48.1 Å². The second kappa shape index (κ2) is 8.82. The first-order valence-corrected chi connectivity index (χ1v) is 10.4. The summed E-state index contributed by atoms with van der Waals surface area (Å²) in [5.41, 5.74) is 9.70. The maximum Gasteiger partial charge on any atom is 0.316 e. The van der Waals surface area contributed by atoms with Crippen molar-refractivity contribution < 1.29 is 19.5 Å². The molecule has 0 aromatic heterocycles. The second-order valence-electron chi connectivity index (χ2n) is 7.04. The van der Waals surface area contributed by atoms with Crippen molar-refractivity contribution in [1.82, 2.24) is 0 Å². The van der Waals surface area contributed by atoms with Crippen LogP contribution < -0.4 is 11.1 Å². The van der Waals surface area contributed by atoms with Crippen LogP contribution in [0.5, 0.6) is 0 Å². The first-order valence-electron chi connectivity index (χ1n) is 9.45. The molecule has 2 amide bonds. The van der Waals surface area contributed by atoms with Crippen LogP contribution in [0.25, 0.3) is 0 Å². The van der Waals surface area contributed by atoms with Crippen LogP contribution in [-0.2, 0) is 9.59 Å². The molecule has 7 heteroatoms. The van der Waals surface area contributed by atoms with Gasteiger partial charge in [0.1, 0.15) is 5.76 Å². The number of carbonyl (C=O) groups excluding carboxylic acids is 3. The molecule has 4 N–H and O–H groups in total. The van der Waals surface area contributed by atoms with Gasteiger partial charge in [0.15, 0.2) is 11.6 Å². The predicted molar refractivity (Wildman–Crippen MR) is 112 cm³/mol. The highest BCUT2D eigenvalue weighted by molar-refractivity contribution is 7.99. The number of aliphatic hydroxyl groups is 1. The standard InChI is InChI=1S/C21H28N2O4S/c1-6-14(24)18-15(25)8-13(9-16(18)26)17-10(3)19(23-21(22)27)12(5)20(11(17)4)28-7-2/h13,25H,6-9H2,1-5H3,(H3,22,23,27). The van der Waals surface area contributed by atoms with Gasteiger partial charge >= 0.3 is 6.03 Å². The summed E-state index contributed by atoms with van der Waals surface area (Å²) in [4.78, 5) is 37.2. The molecule has 2 rings (SSSR count). The van der Waals surface area contributed by atoms with Crippen molar-refractivity contribution in [2.45, 2.75) is 64.7 Å². The SMILES string of the molecule is CCSc1c(C)c(NC(N)=O)c(C)c(C2CC(=O)C(C(=O)CC)=C(O)C2)c1C. The predicted octanol–water partition coefficient (Wildman–Crippen LogP) is 4.45. The second-order valence-corrected chi connectivity index (χ2v) is 8.32. The lowest BCUT2D eigenvalue weighted by Crippen LogP contribution is -2.25. The third kappa shape index (κ3) is 4.09. The van der Waals surface area contributed by atoms with Crippen molar-refractivity contribution in [2.75, 3.05) is 11.1 Å². The number of primary amides is 1. The quantitative estimate of drug-likeness (QED) is 0.479. The third-order valence-corrected chi connectivity index (χ3v) is 6.41. The van der Waals surface area contributed by atoms with E-state index in [1.165, 1.54) is 0 Å². The van der Waals surface area contributed by atoms with Crippen LogP contribution >= 0.6 is 11.8 Å². The molecule has 0 aliphatic heterocycles. The maximum absolute atomic E-state index is 12.6. The Morgan fingerprint density at radius 2 is 1.79 bits per heavy atom. The molecular weight excluding hydrogens is 376 g/mol. The van der Waals surface area contributed by atoms with Gasteiger partial charge in [-0.05, 0) is 54.7 Å². The van der Waals surface area contributed by atoms with E-state index in [0.717, 1.165) is 32.9 Å². The normalized spacial score (nSPS) is 17.0. The molecule has 1 atom stereocenters. The number of Topliss-reactive ketones (excluding diaryl/α,β-unsaturated/α-hetero) is 2. The van der Waals surface area contributed by atoms with E-state index in [9.17, 15) is 19.5 Å². The number of anilines is 1. The molecule has 0 saturated carbocycles. The zero-order valence-corrected chi connectivity index (χ0v) is 17.9. The number of ketones is 2. The average Bonchev–Trinajstić information content (AvgIpc) is 2.61. The fraction of sp³-hybridized carbons (Fsp3) is 0.476. The van der Waals surface area contributed by atoms with Gasteiger partial charge in [0.05, 0.1) is 5.57 Å². The Balaban J connectivity index is 2.64. The summed E-state index contributed by atoms with van der Waals surface area (Å²) in [5.74, 6) is -0.192. The highest BCUT2D eigenvalue weighted by Crippen LogP contribution is 2.44. The number of aliphatic hydroxyl groups excluding tert-OH is 1. The minimum Gasteiger partial charge on any atom is -0.511 e. The summed E-state index contributed by atoms with van der Waals surface area (Å²) in [5, 5.41) is 13.2. The molecule has 1 aliphatic rings. The van der Waals surface area contributed by atoms with Crippen LogP contribution in [0.4, 0.5) is 10.5 Å². The molecule has 0 spiro atoms.